The first-order chi connectivity index (χ1) is 5.34. The molecule has 0 spiro atoms. The van der Waals surface area contributed by atoms with E-state index in [-0.39, 0.29) is 0 Å². The lowest BCUT2D eigenvalue weighted by atomic mass is 10.2. The van der Waals surface area contributed by atoms with Crippen molar-refractivity contribution in [3.63, 3.8) is 0 Å². The molecule has 1 heterocycles. The zero-order chi connectivity index (χ0) is 8.10. The van der Waals surface area contributed by atoms with E-state index in [0.29, 0.717) is 0 Å². The summed E-state index contributed by atoms with van der Waals surface area (Å²) in [7, 11) is 4.24. The lowest BCUT2D eigenvalue weighted by molar-refractivity contribution is 0.264. The van der Waals surface area contributed by atoms with Gasteiger partial charge in [0.25, 0.3) is 0 Å². The lowest BCUT2D eigenvalue weighted by Gasteiger charge is -2.22. The molecular weight excluding hydrogens is 156 g/mol. The number of nitrogens with zero attached hydrogens (tertiary/aromatic N) is 1. The van der Waals surface area contributed by atoms with Gasteiger partial charge in [0.1, 0.15) is 0 Å². The third kappa shape index (κ3) is 3.01. The Labute approximate surface area is 73.7 Å². The van der Waals surface area contributed by atoms with Gasteiger partial charge in [0, 0.05) is 24.9 Å². The number of thioether (sulfide) groups is 1. The minimum Gasteiger partial charge on any atom is -0.318 e. The van der Waals surface area contributed by atoms with Gasteiger partial charge in [0.2, 0.25) is 0 Å². The van der Waals surface area contributed by atoms with Crippen molar-refractivity contribution in [2.24, 2.45) is 0 Å². The molecule has 0 bridgehead atoms. The van der Waals surface area contributed by atoms with Crippen LogP contribution < -0.4 is 5.32 Å². The average molecular weight is 174 g/mol. The van der Waals surface area contributed by atoms with Crippen LogP contribution in [-0.4, -0.2) is 49.6 Å². The predicted molar refractivity (Wildman–Crippen MR) is 52.3 cm³/mol. The summed E-state index contributed by atoms with van der Waals surface area (Å²) < 4.78 is 0. The second-order valence-corrected chi connectivity index (χ2v) is 4.25. The molecule has 1 saturated heterocycles. The van der Waals surface area contributed by atoms with Gasteiger partial charge in [0.05, 0.1) is 0 Å². The zero-order valence-corrected chi connectivity index (χ0v) is 8.28. The first kappa shape index (κ1) is 9.36. The van der Waals surface area contributed by atoms with Gasteiger partial charge in [0.15, 0.2) is 0 Å². The van der Waals surface area contributed by atoms with E-state index >= 15 is 0 Å². The normalized spacial score (nSPS) is 24.8. The van der Waals surface area contributed by atoms with Crippen LogP contribution in [-0.2, 0) is 0 Å². The summed E-state index contributed by atoms with van der Waals surface area (Å²) in [6, 6.07) is 0.841. The van der Waals surface area contributed by atoms with Gasteiger partial charge in [-0.25, -0.2) is 0 Å². The van der Waals surface area contributed by atoms with E-state index in [0.717, 1.165) is 12.6 Å². The summed E-state index contributed by atoms with van der Waals surface area (Å²) in [5, 5.41) is 3.17. The van der Waals surface area contributed by atoms with Gasteiger partial charge in [-0.3, -0.25) is 0 Å². The number of hydrogen-bond donors (Lipinski definition) is 1. The molecule has 66 valence electrons. The molecule has 0 aromatic carbocycles. The molecule has 2 nitrogen and oxygen atoms in total. The molecule has 1 fully saturated rings. The Bertz CT molecular complexity index is 102. The highest BCUT2D eigenvalue weighted by Gasteiger charge is 2.18. The summed E-state index contributed by atoms with van der Waals surface area (Å²) >= 11 is 2.08. The molecule has 3 heteroatoms. The Hall–Kier alpha value is 0.270. The van der Waals surface area contributed by atoms with Crippen LogP contribution >= 0.6 is 11.8 Å². The molecule has 1 aliphatic rings. The fourth-order valence-electron chi connectivity index (χ4n) is 1.34. The van der Waals surface area contributed by atoms with E-state index in [1.54, 1.807) is 0 Å². The Morgan fingerprint density at radius 3 is 3.00 bits per heavy atom. The third-order valence-electron chi connectivity index (χ3n) is 2.24. The predicted octanol–water partition coefficient (Wildman–Crippen LogP) is 0.643. The molecule has 1 N–H and O–H groups in total. The average Bonchev–Trinajstić information content (AvgIpc) is 2.52. The number of likely N-dealkylation sites (N-methyl/N-ethyl adjacent to an activating group) is 2. The number of nitrogens with one attached hydrogen (secondary N) is 1. The van der Waals surface area contributed by atoms with E-state index in [1.807, 2.05) is 7.05 Å². The Kier molecular flexibility index (Phi) is 4.26. The maximum atomic E-state index is 3.17. The second kappa shape index (κ2) is 5.01. The monoisotopic (exact) mass is 174 g/mol. The Morgan fingerprint density at radius 1 is 1.64 bits per heavy atom. The Balaban J connectivity index is 2.12. The van der Waals surface area contributed by atoms with Gasteiger partial charge < -0.3 is 10.2 Å². The van der Waals surface area contributed by atoms with E-state index in [9.17, 15) is 0 Å². The molecule has 0 radical (unpaired) electrons. The van der Waals surface area contributed by atoms with Crippen LogP contribution in [0.1, 0.15) is 6.42 Å². The standard InChI is InChI=1S/C8H18N2S/c1-9-4-5-10(2)8-3-6-11-7-8/h8-9H,3-7H2,1-2H3. The van der Waals surface area contributed by atoms with Crippen LogP contribution in [0, 0.1) is 0 Å². The quantitative estimate of drug-likeness (QED) is 0.673. The highest BCUT2D eigenvalue weighted by atomic mass is 32.2. The molecular formula is C8H18N2S. The second-order valence-electron chi connectivity index (χ2n) is 3.10. The highest BCUT2D eigenvalue weighted by molar-refractivity contribution is 7.99. The molecule has 1 unspecified atom stereocenters. The van der Waals surface area contributed by atoms with E-state index in [2.05, 4.69) is 29.0 Å². The minimum atomic E-state index is 0.841. The summed E-state index contributed by atoms with van der Waals surface area (Å²) in [5.74, 6) is 2.69. The third-order valence-corrected chi connectivity index (χ3v) is 3.39. The van der Waals surface area contributed by atoms with Gasteiger partial charge in [-0.2, -0.15) is 11.8 Å². The van der Waals surface area contributed by atoms with Crippen molar-refractivity contribution < 1.29 is 0 Å². The van der Waals surface area contributed by atoms with Crippen molar-refractivity contribution in [1.82, 2.24) is 10.2 Å². The minimum absolute atomic E-state index is 0.841. The highest BCUT2D eigenvalue weighted by Crippen LogP contribution is 2.20. The fraction of sp³-hybridized carbons (Fsp3) is 1.00. The van der Waals surface area contributed by atoms with Crippen LogP contribution in [0.3, 0.4) is 0 Å². The van der Waals surface area contributed by atoms with Gasteiger partial charge in [-0.05, 0) is 26.3 Å². The Morgan fingerprint density at radius 2 is 2.45 bits per heavy atom. The van der Waals surface area contributed by atoms with Crippen molar-refractivity contribution in [1.29, 1.82) is 0 Å². The molecule has 0 aromatic heterocycles. The lowest BCUT2D eigenvalue weighted by Crippen LogP contribution is -2.36. The van der Waals surface area contributed by atoms with Crippen molar-refractivity contribution in [3.8, 4) is 0 Å². The van der Waals surface area contributed by atoms with Crippen molar-refractivity contribution in [2.45, 2.75) is 12.5 Å². The summed E-state index contributed by atoms with van der Waals surface area (Å²) in [4.78, 5) is 2.47. The summed E-state index contributed by atoms with van der Waals surface area (Å²) in [6.07, 6.45) is 1.38. The molecule has 0 aliphatic carbocycles. The van der Waals surface area contributed by atoms with Crippen molar-refractivity contribution in [3.05, 3.63) is 0 Å². The maximum absolute atomic E-state index is 3.17. The first-order valence-electron chi connectivity index (χ1n) is 4.27. The number of hydrogen-bond acceptors (Lipinski definition) is 3. The van der Waals surface area contributed by atoms with E-state index in [1.165, 1.54) is 24.5 Å². The molecule has 11 heavy (non-hydrogen) atoms. The summed E-state index contributed by atoms with van der Waals surface area (Å²) in [6.45, 7) is 2.29. The SMILES string of the molecule is CNCCN(C)C1CCSC1. The summed E-state index contributed by atoms with van der Waals surface area (Å²) in [5.41, 5.74) is 0. The van der Waals surface area contributed by atoms with E-state index in [4.69, 9.17) is 0 Å². The van der Waals surface area contributed by atoms with Gasteiger partial charge in [-0.15, -0.1) is 0 Å². The van der Waals surface area contributed by atoms with E-state index < -0.39 is 0 Å². The van der Waals surface area contributed by atoms with Crippen molar-refractivity contribution >= 4 is 11.8 Å². The smallest absolute Gasteiger partial charge is 0.0191 e. The molecule has 0 amide bonds. The molecule has 1 rings (SSSR count). The first-order valence-corrected chi connectivity index (χ1v) is 5.42. The molecule has 0 aromatic rings. The molecule has 1 atom stereocenters. The maximum Gasteiger partial charge on any atom is 0.0191 e. The largest absolute Gasteiger partial charge is 0.318 e. The van der Waals surface area contributed by atoms with Gasteiger partial charge >= 0.3 is 0 Å². The van der Waals surface area contributed by atoms with Crippen LogP contribution in [0.4, 0.5) is 0 Å². The van der Waals surface area contributed by atoms with Crippen LogP contribution in [0.25, 0.3) is 0 Å². The van der Waals surface area contributed by atoms with Crippen LogP contribution in [0.15, 0.2) is 0 Å². The van der Waals surface area contributed by atoms with Crippen molar-refractivity contribution in [2.75, 3.05) is 38.7 Å². The number of rotatable bonds is 4. The molecule has 1 aliphatic heterocycles. The van der Waals surface area contributed by atoms with Crippen LogP contribution in [0.2, 0.25) is 0 Å². The topological polar surface area (TPSA) is 15.3 Å². The zero-order valence-electron chi connectivity index (χ0n) is 7.47. The van der Waals surface area contributed by atoms with Gasteiger partial charge in [-0.1, -0.05) is 0 Å². The molecule has 0 saturated carbocycles. The fourth-order valence-corrected chi connectivity index (χ4v) is 2.64. The van der Waals surface area contributed by atoms with Crippen LogP contribution in [0.5, 0.6) is 0 Å².